The van der Waals surface area contributed by atoms with Crippen molar-refractivity contribution in [1.82, 2.24) is 15.5 Å². The smallest absolute Gasteiger partial charge is 0.326 e. The molecule has 2 amide bonds. The highest BCUT2D eigenvalue weighted by atomic mass is 35.5. The van der Waals surface area contributed by atoms with Crippen molar-refractivity contribution in [2.24, 2.45) is 0 Å². The second-order valence-electron chi connectivity index (χ2n) is 8.08. The van der Waals surface area contributed by atoms with Gasteiger partial charge in [0.2, 0.25) is 5.82 Å². The van der Waals surface area contributed by atoms with Crippen LogP contribution in [0.3, 0.4) is 0 Å². The third-order valence-electron chi connectivity index (χ3n) is 5.96. The molecule has 3 aromatic carbocycles. The van der Waals surface area contributed by atoms with Crippen molar-refractivity contribution < 1.29 is 9.32 Å². The Morgan fingerprint density at radius 2 is 1.79 bits per heavy atom. The monoisotopic (exact) mass is 470 g/mol. The minimum atomic E-state index is -0.439. The average Bonchev–Trinajstić information content (AvgIpc) is 3.34. The number of nitrogens with zero attached hydrogens (tertiary/aromatic N) is 3. The highest BCUT2D eigenvalue weighted by Gasteiger charge is 2.36. The number of urea groups is 1. The molecule has 0 fully saturated rings. The first-order valence-corrected chi connectivity index (χ1v) is 11.5. The Morgan fingerprint density at radius 3 is 2.50 bits per heavy atom. The number of benzene rings is 3. The van der Waals surface area contributed by atoms with Crippen LogP contribution in [0.15, 0.2) is 89.1 Å². The molecular weight excluding hydrogens is 448 g/mol. The van der Waals surface area contributed by atoms with E-state index in [9.17, 15) is 4.79 Å². The Hall–Kier alpha value is -3.90. The number of para-hydroxylation sites is 1. The van der Waals surface area contributed by atoms with Gasteiger partial charge in [0, 0.05) is 16.3 Å². The van der Waals surface area contributed by atoms with E-state index < -0.39 is 6.04 Å². The Kier molecular flexibility index (Phi) is 5.90. The Balaban J connectivity index is 1.64. The number of aryl methyl sites for hydroxylation is 1. The maximum atomic E-state index is 13.3. The van der Waals surface area contributed by atoms with Crippen molar-refractivity contribution in [3.05, 3.63) is 107 Å². The Labute approximate surface area is 202 Å². The second-order valence-corrected chi connectivity index (χ2v) is 8.52. The van der Waals surface area contributed by atoms with Crippen LogP contribution in [0.5, 0.6) is 0 Å². The summed E-state index contributed by atoms with van der Waals surface area (Å²) in [6.45, 7) is 4.01. The number of anilines is 1. The largest absolute Gasteiger partial charge is 0.334 e. The summed E-state index contributed by atoms with van der Waals surface area (Å²) in [6, 6.07) is 24.3. The molecule has 2 heterocycles. The maximum Gasteiger partial charge on any atom is 0.326 e. The van der Waals surface area contributed by atoms with E-state index in [0.29, 0.717) is 16.7 Å². The van der Waals surface area contributed by atoms with Gasteiger partial charge in [-0.15, -0.1) is 0 Å². The number of hydrogen-bond acceptors (Lipinski definition) is 4. The van der Waals surface area contributed by atoms with Crippen molar-refractivity contribution in [3.63, 3.8) is 0 Å². The lowest BCUT2D eigenvalue weighted by Crippen LogP contribution is -2.46. The zero-order valence-corrected chi connectivity index (χ0v) is 19.6. The van der Waals surface area contributed by atoms with Gasteiger partial charge in [0.1, 0.15) is 0 Å². The summed E-state index contributed by atoms with van der Waals surface area (Å²) >= 11 is 6.15. The normalized spacial score (nSPS) is 16.0. The summed E-state index contributed by atoms with van der Waals surface area (Å²) in [6.07, 6.45) is 0.938. The highest BCUT2D eigenvalue weighted by Crippen LogP contribution is 2.39. The minimum absolute atomic E-state index is 0.216. The van der Waals surface area contributed by atoms with E-state index >= 15 is 0 Å². The molecule has 1 aromatic heterocycles. The third kappa shape index (κ3) is 4.08. The van der Waals surface area contributed by atoms with Gasteiger partial charge in [-0.25, -0.2) is 4.79 Å². The van der Waals surface area contributed by atoms with Crippen LogP contribution in [0.2, 0.25) is 5.02 Å². The molecule has 1 atom stereocenters. The first-order chi connectivity index (χ1) is 16.5. The molecule has 34 heavy (non-hydrogen) atoms. The zero-order valence-electron chi connectivity index (χ0n) is 18.8. The molecule has 0 radical (unpaired) electrons. The second kappa shape index (κ2) is 9.15. The molecule has 170 valence electrons. The fourth-order valence-electron chi connectivity index (χ4n) is 4.18. The molecule has 0 spiro atoms. The third-order valence-corrected chi connectivity index (χ3v) is 6.19. The van der Waals surface area contributed by atoms with E-state index in [2.05, 4.69) is 34.5 Å². The number of allylic oxidation sites excluding steroid dienone is 1. The summed E-state index contributed by atoms with van der Waals surface area (Å²) in [7, 11) is 0. The van der Waals surface area contributed by atoms with Crippen molar-refractivity contribution >= 4 is 28.9 Å². The fraction of sp³-hybridized carbons (Fsp3) is 0.148. The van der Waals surface area contributed by atoms with E-state index in [4.69, 9.17) is 16.1 Å². The first kappa shape index (κ1) is 21.9. The standard InChI is InChI=1S/C27H23ClN4O2/c1-3-18-12-14-19(15-13-18)24-23(17(2)32(27(33)29-24)22-10-5-4-6-11-22)26-30-25(31-34-26)20-8-7-9-21(28)16-20/h4-16,24H,3H2,1-2H3,(H,29,33). The van der Waals surface area contributed by atoms with Crippen LogP contribution in [-0.4, -0.2) is 16.2 Å². The molecule has 4 aromatic rings. The molecule has 1 N–H and O–H groups in total. The van der Waals surface area contributed by atoms with Crippen molar-refractivity contribution in [3.8, 4) is 11.4 Å². The van der Waals surface area contributed by atoms with Gasteiger partial charge in [-0.3, -0.25) is 4.90 Å². The summed E-state index contributed by atoms with van der Waals surface area (Å²) in [5.74, 6) is 0.777. The number of hydrogen-bond donors (Lipinski definition) is 1. The lowest BCUT2D eigenvalue weighted by molar-refractivity contribution is 0.244. The van der Waals surface area contributed by atoms with Crippen molar-refractivity contribution in [2.75, 3.05) is 4.90 Å². The van der Waals surface area contributed by atoms with Crippen LogP contribution in [0.25, 0.3) is 17.0 Å². The van der Waals surface area contributed by atoms with E-state index in [1.165, 1.54) is 5.56 Å². The van der Waals surface area contributed by atoms with Crippen molar-refractivity contribution in [1.29, 1.82) is 0 Å². The molecule has 5 rings (SSSR count). The molecule has 0 saturated heterocycles. The van der Waals surface area contributed by atoms with Gasteiger partial charge in [-0.2, -0.15) is 4.98 Å². The van der Waals surface area contributed by atoms with Crippen LogP contribution in [0.1, 0.15) is 36.9 Å². The van der Waals surface area contributed by atoms with Gasteiger partial charge in [-0.1, -0.05) is 78.3 Å². The molecule has 0 saturated carbocycles. The van der Waals surface area contributed by atoms with Gasteiger partial charge in [0.15, 0.2) is 0 Å². The molecular formula is C27H23ClN4O2. The topological polar surface area (TPSA) is 71.3 Å². The first-order valence-electron chi connectivity index (χ1n) is 11.1. The van der Waals surface area contributed by atoms with Crippen molar-refractivity contribution in [2.45, 2.75) is 26.3 Å². The molecule has 1 aliphatic rings. The average molecular weight is 471 g/mol. The van der Waals surface area contributed by atoms with Gasteiger partial charge in [0.25, 0.3) is 5.89 Å². The van der Waals surface area contributed by atoms with E-state index in [0.717, 1.165) is 34.5 Å². The number of rotatable bonds is 5. The van der Waals surface area contributed by atoms with Crippen LogP contribution < -0.4 is 10.2 Å². The molecule has 6 nitrogen and oxygen atoms in total. The van der Waals surface area contributed by atoms with E-state index in [1.807, 2.05) is 61.5 Å². The molecule has 7 heteroatoms. The summed E-state index contributed by atoms with van der Waals surface area (Å²) in [5, 5.41) is 7.93. The number of nitrogens with one attached hydrogen (secondary N) is 1. The number of halogens is 1. The van der Waals surface area contributed by atoms with Crippen LogP contribution in [0.4, 0.5) is 10.5 Å². The highest BCUT2D eigenvalue weighted by molar-refractivity contribution is 6.30. The predicted molar refractivity (Wildman–Crippen MR) is 133 cm³/mol. The molecule has 1 unspecified atom stereocenters. The lowest BCUT2D eigenvalue weighted by Gasteiger charge is -2.35. The number of aromatic nitrogens is 2. The van der Waals surface area contributed by atoms with E-state index in [1.54, 1.807) is 17.0 Å². The molecule has 0 bridgehead atoms. The SMILES string of the molecule is CCc1ccc(C2NC(=O)N(c3ccccc3)C(C)=C2c2nc(-c3cccc(Cl)c3)no2)cc1. The lowest BCUT2D eigenvalue weighted by atomic mass is 9.93. The minimum Gasteiger partial charge on any atom is -0.334 e. The fourth-order valence-corrected chi connectivity index (χ4v) is 4.37. The Bertz CT molecular complexity index is 1360. The van der Waals surface area contributed by atoms with Crippen LogP contribution >= 0.6 is 11.6 Å². The molecule has 0 aliphatic carbocycles. The van der Waals surface area contributed by atoms with Gasteiger partial charge in [0.05, 0.1) is 17.3 Å². The van der Waals surface area contributed by atoms with Crippen LogP contribution in [-0.2, 0) is 6.42 Å². The quantitative estimate of drug-likeness (QED) is 0.354. The zero-order chi connectivity index (χ0) is 23.7. The van der Waals surface area contributed by atoms with Gasteiger partial charge < -0.3 is 9.84 Å². The number of carbonyl (C=O) groups excluding carboxylic acids is 1. The summed E-state index contributed by atoms with van der Waals surface area (Å²) < 4.78 is 5.74. The molecule has 1 aliphatic heterocycles. The number of carbonyl (C=O) groups is 1. The van der Waals surface area contributed by atoms with Gasteiger partial charge >= 0.3 is 6.03 Å². The van der Waals surface area contributed by atoms with Crippen LogP contribution in [0, 0.1) is 0 Å². The van der Waals surface area contributed by atoms with Gasteiger partial charge in [-0.05, 0) is 48.7 Å². The predicted octanol–water partition coefficient (Wildman–Crippen LogP) is 6.65. The summed E-state index contributed by atoms with van der Waals surface area (Å²) in [5.41, 5.74) is 5.14. The number of amides is 2. The Morgan fingerprint density at radius 1 is 1.03 bits per heavy atom. The van der Waals surface area contributed by atoms with E-state index in [-0.39, 0.29) is 6.03 Å². The summed E-state index contributed by atoms with van der Waals surface area (Å²) in [4.78, 5) is 19.6. The maximum absolute atomic E-state index is 13.3.